The predicted molar refractivity (Wildman–Crippen MR) is 164 cm³/mol. The standard InChI is InChI=1S/C32H32F4N6O4/c1-21-29(39-15-13-38(14-16-39)18-22-7-5-10-24(17-22)42(45)46)30(43)41(20-28(37)23-8-3-2-4-9-23)31(44)40(21)19-25-26(32(34,35)36)11-6-12-27(25)33/h2-12,17,28H,13-16,18-20,37H2,1H3. The Morgan fingerprint density at radius 3 is 2.24 bits per heavy atom. The number of nitro groups is 1. The largest absolute Gasteiger partial charge is 0.416 e. The molecule has 242 valence electrons. The van der Waals surface area contributed by atoms with Gasteiger partial charge in [-0.3, -0.25) is 28.9 Å². The van der Waals surface area contributed by atoms with E-state index in [0.717, 1.165) is 32.9 Å². The van der Waals surface area contributed by atoms with Gasteiger partial charge in [0.2, 0.25) is 0 Å². The van der Waals surface area contributed by atoms with Gasteiger partial charge in [-0.25, -0.2) is 9.18 Å². The van der Waals surface area contributed by atoms with Crippen molar-refractivity contribution in [2.24, 2.45) is 5.73 Å². The third-order valence-electron chi connectivity index (χ3n) is 8.22. The number of hydrogen-bond donors (Lipinski definition) is 1. The van der Waals surface area contributed by atoms with E-state index >= 15 is 0 Å². The second kappa shape index (κ2) is 13.3. The van der Waals surface area contributed by atoms with Crippen LogP contribution in [0.2, 0.25) is 0 Å². The van der Waals surface area contributed by atoms with Crippen LogP contribution in [-0.4, -0.2) is 45.1 Å². The van der Waals surface area contributed by atoms with Crippen molar-refractivity contribution in [1.82, 2.24) is 14.0 Å². The van der Waals surface area contributed by atoms with Crippen molar-refractivity contribution in [3.8, 4) is 0 Å². The highest BCUT2D eigenvalue weighted by Gasteiger charge is 2.35. The summed E-state index contributed by atoms with van der Waals surface area (Å²) in [6.07, 6.45) is -4.88. The molecule has 2 heterocycles. The molecule has 5 rings (SSSR count). The molecule has 10 nitrogen and oxygen atoms in total. The van der Waals surface area contributed by atoms with E-state index in [1.54, 1.807) is 47.4 Å². The van der Waals surface area contributed by atoms with Crippen molar-refractivity contribution in [2.45, 2.75) is 38.8 Å². The first-order chi connectivity index (χ1) is 21.8. The first kappa shape index (κ1) is 32.6. The van der Waals surface area contributed by atoms with Crippen LogP contribution in [0.5, 0.6) is 0 Å². The summed E-state index contributed by atoms with van der Waals surface area (Å²) >= 11 is 0. The molecule has 46 heavy (non-hydrogen) atoms. The molecule has 1 aromatic heterocycles. The summed E-state index contributed by atoms with van der Waals surface area (Å²) in [6.45, 7) is 2.42. The molecule has 1 aliphatic rings. The van der Waals surface area contributed by atoms with Gasteiger partial charge in [0.15, 0.2) is 0 Å². The van der Waals surface area contributed by atoms with E-state index in [4.69, 9.17) is 5.73 Å². The Balaban J connectivity index is 1.52. The number of aromatic nitrogens is 2. The number of nitrogens with two attached hydrogens (primary N) is 1. The summed E-state index contributed by atoms with van der Waals surface area (Å²) in [5, 5.41) is 11.2. The second-order valence-electron chi connectivity index (χ2n) is 11.2. The van der Waals surface area contributed by atoms with Crippen molar-refractivity contribution in [3.05, 3.63) is 138 Å². The first-order valence-corrected chi connectivity index (χ1v) is 14.5. The summed E-state index contributed by atoms with van der Waals surface area (Å²) < 4.78 is 58.5. The Bertz CT molecular complexity index is 1850. The fourth-order valence-corrected chi connectivity index (χ4v) is 5.80. The van der Waals surface area contributed by atoms with Crippen molar-refractivity contribution in [1.29, 1.82) is 0 Å². The lowest BCUT2D eigenvalue weighted by molar-refractivity contribution is -0.384. The fraction of sp³-hybridized carbons (Fsp3) is 0.312. The number of benzene rings is 3. The zero-order valence-corrected chi connectivity index (χ0v) is 24.9. The number of nitro benzene ring substituents is 1. The molecule has 1 unspecified atom stereocenters. The third-order valence-corrected chi connectivity index (χ3v) is 8.22. The fourth-order valence-electron chi connectivity index (χ4n) is 5.80. The number of nitrogens with zero attached hydrogens (tertiary/aromatic N) is 5. The van der Waals surface area contributed by atoms with Crippen LogP contribution in [-0.2, 0) is 25.8 Å². The third kappa shape index (κ3) is 6.87. The number of alkyl halides is 3. The van der Waals surface area contributed by atoms with Gasteiger partial charge < -0.3 is 10.6 Å². The van der Waals surface area contributed by atoms with Crippen LogP contribution in [0.15, 0.2) is 82.4 Å². The molecule has 3 aromatic carbocycles. The number of halogens is 4. The lowest BCUT2D eigenvalue weighted by atomic mass is 10.1. The maximum atomic E-state index is 14.9. The molecular formula is C32H32F4N6O4. The van der Waals surface area contributed by atoms with Gasteiger partial charge in [0.25, 0.3) is 11.2 Å². The summed E-state index contributed by atoms with van der Waals surface area (Å²) in [5.41, 5.74) is 4.47. The van der Waals surface area contributed by atoms with Crippen LogP contribution in [0, 0.1) is 22.9 Å². The molecule has 0 amide bonds. The molecule has 0 spiro atoms. The number of rotatable bonds is 9. The van der Waals surface area contributed by atoms with E-state index in [0.29, 0.717) is 38.3 Å². The number of non-ortho nitro benzene ring substituents is 1. The number of anilines is 1. The minimum atomic E-state index is -4.88. The van der Waals surface area contributed by atoms with Gasteiger partial charge >= 0.3 is 11.9 Å². The summed E-state index contributed by atoms with van der Waals surface area (Å²) in [5.74, 6) is -1.13. The van der Waals surface area contributed by atoms with Crippen LogP contribution in [0.25, 0.3) is 0 Å². The first-order valence-electron chi connectivity index (χ1n) is 14.5. The highest BCUT2D eigenvalue weighted by molar-refractivity contribution is 5.50. The van der Waals surface area contributed by atoms with Crippen LogP contribution in [0.1, 0.15) is 34.0 Å². The quantitative estimate of drug-likeness (QED) is 0.163. The molecule has 0 saturated carbocycles. The molecule has 4 aromatic rings. The van der Waals surface area contributed by atoms with E-state index in [1.165, 1.54) is 19.1 Å². The number of hydrogen-bond acceptors (Lipinski definition) is 7. The van der Waals surface area contributed by atoms with E-state index in [2.05, 4.69) is 4.90 Å². The van der Waals surface area contributed by atoms with Crippen LogP contribution < -0.4 is 21.9 Å². The monoisotopic (exact) mass is 640 g/mol. The van der Waals surface area contributed by atoms with Gasteiger partial charge in [-0.15, -0.1) is 0 Å². The molecule has 2 N–H and O–H groups in total. The smallest absolute Gasteiger partial charge is 0.363 e. The van der Waals surface area contributed by atoms with E-state index in [1.807, 2.05) is 0 Å². The average molecular weight is 641 g/mol. The van der Waals surface area contributed by atoms with E-state index in [9.17, 15) is 37.3 Å². The Kier molecular flexibility index (Phi) is 9.39. The van der Waals surface area contributed by atoms with Gasteiger partial charge in [0.05, 0.1) is 23.6 Å². The van der Waals surface area contributed by atoms with E-state index < -0.39 is 51.9 Å². The van der Waals surface area contributed by atoms with Gasteiger partial charge in [-0.1, -0.05) is 48.5 Å². The number of piperazine rings is 1. The maximum absolute atomic E-state index is 14.9. The van der Waals surface area contributed by atoms with Crippen LogP contribution in [0.3, 0.4) is 0 Å². The van der Waals surface area contributed by atoms with Crippen molar-refractivity contribution in [3.63, 3.8) is 0 Å². The molecule has 0 radical (unpaired) electrons. The van der Waals surface area contributed by atoms with Gasteiger partial charge in [-0.05, 0) is 30.2 Å². The zero-order chi connectivity index (χ0) is 33.2. The molecule has 1 atom stereocenters. The Hall–Kier alpha value is -4.82. The SMILES string of the molecule is Cc1c(N2CCN(Cc3cccc([N+](=O)[O-])c3)CC2)c(=O)n(CC(N)c2ccccc2)c(=O)n1Cc1c(F)cccc1C(F)(F)F. The minimum absolute atomic E-state index is 0.0215. The molecule has 14 heteroatoms. The highest BCUT2D eigenvalue weighted by atomic mass is 19.4. The highest BCUT2D eigenvalue weighted by Crippen LogP contribution is 2.33. The summed E-state index contributed by atoms with van der Waals surface area (Å²) in [4.78, 5) is 42.3. The molecular weight excluding hydrogens is 608 g/mol. The molecule has 1 aliphatic heterocycles. The lowest BCUT2D eigenvalue weighted by Crippen LogP contribution is -2.51. The predicted octanol–water partition coefficient (Wildman–Crippen LogP) is 4.46. The van der Waals surface area contributed by atoms with E-state index in [-0.39, 0.29) is 23.6 Å². The maximum Gasteiger partial charge on any atom is 0.416 e. The topological polar surface area (TPSA) is 120 Å². The van der Waals surface area contributed by atoms with Gasteiger partial charge in [0.1, 0.15) is 11.5 Å². The molecule has 1 fully saturated rings. The van der Waals surface area contributed by atoms with Crippen molar-refractivity contribution >= 4 is 11.4 Å². The minimum Gasteiger partial charge on any atom is -0.363 e. The molecule has 0 bridgehead atoms. The Labute approximate surface area is 261 Å². The zero-order valence-electron chi connectivity index (χ0n) is 24.9. The summed E-state index contributed by atoms with van der Waals surface area (Å²) in [6, 6.07) is 16.9. The average Bonchev–Trinajstić information content (AvgIpc) is 3.02. The Morgan fingerprint density at radius 1 is 0.913 bits per heavy atom. The molecule has 1 saturated heterocycles. The Morgan fingerprint density at radius 2 is 1.59 bits per heavy atom. The van der Waals surface area contributed by atoms with Crippen molar-refractivity contribution < 1.29 is 22.5 Å². The van der Waals surface area contributed by atoms with Gasteiger partial charge in [0, 0.05) is 62.2 Å². The van der Waals surface area contributed by atoms with Gasteiger partial charge in [-0.2, -0.15) is 13.2 Å². The second-order valence-corrected chi connectivity index (χ2v) is 11.2. The molecule has 0 aliphatic carbocycles. The van der Waals surface area contributed by atoms with Crippen LogP contribution in [0.4, 0.5) is 28.9 Å². The summed E-state index contributed by atoms with van der Waals surface area (Å²) in [7, 11) is 0. The normalized spacial score (nSPS) is 14.8. The van der Waals surface area contributed by atoms with Crippen LogP contribution >= 0.6 is 0 Å². The lowest BCUT2D eigenvalue weighted by Gasteiger charge is -2.37. The van der Waals surface area contributed by atoms with Crippen molar-refractivity contribution in [2.75, 3.05) is 31.1 Å².